The normalized spacial score (nSPS) is 10.1. The summed E-state index contributed by atoms with van der Waals surface area (Å²) in [6, 6.07) is 12.5. The summed E-state index contributed by atoms with van der Waals surface area (Å²) in [7, 11) is 0. The second-order valence-electron chi connectivity index (χ2n) is 4.53. The van der Waals surface area contributed by atoms with Crippen LogP contribution in [0.4, 0.5) is 10.5 Å². The van der Waals surface area contributed by atoms with Crippen molar-refractivity contribution in [3.8, 4) is 11.6 Å². The predicted molar refractivity (Wildman–Crippen MR) is 90.4 cm³/mol. The van der Waals surface area contributed by atoms with Crippen molar-refractivity contribution < 1.29 is 9.53 Å². The Hall–Kier alpha value is -2.08. The number of nitrogens with zero attached hydrogens (tertiary/aromatic N) is 2. The third-order valence-corrected chi connectivity index (χ3v) is 3.51. The van der Waals surface area contributed by atoms with Gasteiger partial charge < -0.3 is 15.0 Å². The van der Waals surface area contributed by atoms with Crippen LogP contribution >= 0.6 is 15.9 Å². The number of ether oxygens (including phenoxy) is 1. The maximum absolute atomic E-state index is 12.0. The number of hydrogen-bond donors (Lipinski definition) is 1. The highest BCUT2D eigenvalue weighted by molar-refractivity contribution is 9.10. The lowest BCUT2D eigenvalue weighted by Gasteiger charge is -2.19. The summed E-state index contributed by atoms with van der Waals surface area (Å²) >= 11 is 3.30. The Morgan fingerprint density at radius 3 is 2.45 bits per heavy atom. The number of aromatic nitrogens is 1. The quantitative estimate of drug-likeness (QED) is 0.795. The van der Waals surface area contributed by atoms with Crippen LogP contribution in [0.2, 0.25) is 0 Å². The number of halogens is 1. The number of carbonyl (C=O) groups excluding carboxylic acids is 1. The maximum Gasteiger partial charge on any atom is 0.321 e. The van der Waals surface area contributed by atoms with E-state index in [1.165, 1.54) is 0 Å². The highest BCUT2D eigenvalue weighted by Crippen LogP contribution is 2.22. The van der Waals surface area contributed by atoms with E-state index in [0.29, 0.717) is 29.3 Å². The minimum Gasteiger partial charge on any atom is -0.439 e. The lowest BCUT2D eigenvalue weighted by molar-refractivity contribution is 0.217. The summed E-state index contributed by atoms with van der Waals surface area (Å²) in [5.74, 6) is 1.17. The van der Waals surface area contributed by atoms with Crippen molar-refractivity contribution >= 4 is 27.6 Å². The molecular formula is C16H18BrN3O2. The van der Waals surface area contributed by atoms with Crippen molar-refractivity contribution in [1.29, 1.82) is 0 Å². The van der Waals surface area contributed by atoms with Gasteiger partial charge in [0.15, 0.2) is 0 Å². The van der Waals surface area contributed by atoms with Gasteiger partial charge in [-0.15, -0.1) is 0 Å². The average molecular weight is 364 g/mol. The Labute approximate surface area is 138 Å². The first-order valence-corrected chi connectivity index (χ1v) is 7.88. The predicted octanol–water partition coefficient (Wildman–Crippen LogP) is 4.51. The molecule has 0 saturated heterocycles. The number of carbonyl (C=O) groups is 1. The smallest absolute Gasteiger partial charge is 0.321 e. The van der Waals surface area contributed by atoms with E-state index in [2.05, 4.69) is 26.2 Å². The standard InChI is InChI=1S/C16H18BrN3O2/c1-3-20(4-2)16(21)18-12-8-10-13(11-9-12)22-15-7-5-6-14(17)19-15/h5-11H,3-4H2,1-2H3,(H,18,21). The van der Waals surface area contributed by atoms with E-state index >= 15 is 0 Å². The zero-order chi connectivity index (χ0) is 15.9. The number of hydrogen-bond acceptors (Lipinski definition) is 3. The Kier molecular flexibility index (Phi) is 5.77. The minimum atomic E-state index is -0.104. The first kappa shape index (κ1) is 16.3. The van der Waals surface area contributed by atoms with Crippen LogP contribution in [0.5, 0.6) is 11.6 Å². The van der Waals surface area contributed by atoms with E-state index in [-0.39, 0.29) is 6.03 Å². The zero-order valence-corrected chi connectivity index (χ0v) is 14.1. The molecule has 0 spiro atoms. The van der Waals surface area contributed by atoms with Crippen LogP contribution in [0.25, 0.3) is 0 Å². The van der Waals surface area contributed by atoms with Gasteiger partial charge in [-0.05, 0) is 60.1 Å². The number of benzene rings is 1. The van der Waals surface area contributed by atoms with E-state index in [1.54, 1.807) is 35.2 Å². The summed E-state index contributed by atoms with van der Waals surface area (Å²) < 4.78 is 6.36. The van der Waals surface area contributed by atoms with Gasteiger partial charge in [0, 0.05) is 24.8 Å². The van der Waals surface area contributed by atoms with Gasteiger partial charge in [0.25, 0.3) is 0 Å². The molecule has 116 valence electrons. The van der Waals surface area contributed by atoms with Crippen molar-refractivity contribution in [1.82, 2.24) is 9.88 Å². The Morgan fingerprint density at radius 1 is 1.18 bits per heavy atom. The molecule has 22 heavy (non-hydrogen) atoms. The number of rotatable bonds is 5. The third-order valence-electron chi connectivity index (χ3n) is 3.07. The highest BCUT2D eigenvalue weighted by atomic mass is 79.9. The van der Waals surface area contributed by atoms with Gasteiger partial charge in [-0.3, -0.25) is 0 Å². The summed E-state index contributed by atoms with van der Waals surface area (Å²) in [4.78, 5) is 17.9. The lowest BCUT2D eigenvalue weighted by atomic mass is 10.3. The average Bonchev–Trinajstić information content (AvgIpc) is 2.50. The zero-order valence-electron chi connectivity index (χ0n) is 12.5. The molecule has 1 N–H and O–H groups in total. The molecule has 1 heterocycles. The Bertz CT molecular complexity index is 628. The van der Waals surface area contributed by atoms with Gasteiger partial charge in [0.05, 0.1) is 0 Å². The van der Waals surface area contributed by atoms with E-state index in [9.17, 15) is 4.79 Å². The topological polar surface area (TPSA) is 54.5 Å². The largest absolute Gasteiger partial charge is 0.439 e. The molecular weight excluding hydrogens is 346 g/mol. The van der Waals surface area contributed by atoms with Crippen molar-refractivity contribution in [2.24, 2.45) is 0 Å². The van der Waals surface area contributed by atoms with Crippen LogP contribution < -0.4 is 10.1 Å². The van der Waals surface area contributed by atoms with Crippen LogP contribution in [0.3, 0.4) is 0 Å². The van der Waals surface area contributed by atoms with Crippen LogP contribution in [-0.2, 0) is 0 Å². The van der Waals surface area contributed by atoms with Crippen LogP contribution in [0.1, 0.15) is 13.8 Å². The lowest BCUT2D eigenvalue weighted by Crippen LogP contribution is -2.34. The van der Waals surface area contributed by atoms with Gasteiger partial charge in [0.2, 0.25) is 5.88 Å². The first-order valence-electron chi connectivity index (χ1n) is 7.08. The molecule has 2 aromatic rings. The number of nitrogens with one attached hydrogen (secondary N) is 1. The number of urea groups is 1. The molecule has 0 fully saturated rings. The van der Waals surface area contributed by atoms with Crippen LogP contribution in [-0.4, -0.2) is 29.0 Å². The van der Waals surface area contributed by atoms with Gasteiger partial charge >= 0.3 is 6.03 Å². The molecule has 0 atom stereocenters. The van der Waals surface area contributed by atoms with E-state index in [1.807, 2.05) is 26.0 Å². The molecule has 1 aromatic heterocycles. The number of pyridine rings is 1. The molecule has 0 bridgehead atoms. The molecule has 5 nitrogen and oxygen atoms in total. The fraction of sp³-hybridized carbons (Fsp3) is 0.250. The number of anilines is 1. The Balaban J connectivity index is 2.00. The Morgan fingerprint density at radius 2 is 1.86 bits per heavy atom. The van der Waals surface area contributed by atoms with Gasteiger partial charge in [-0.25, -0.2) is 9.78 Å². The van der Waals surface area contributed by atoms with Gasteiger partial charge in [-0.2, -0.15) is 0 Å². The molecule has 0 unspecified atom stereocenters. The molecule has 0 aliphatic carbocycles. The van der Waals surface area contributed by atoms with Crippen molar-refractivity contribution in [3.63, 3.8) is 0 Å². The monoisotopic (exact) mass is 363 g/mol. The SMILES string of the molecule is CCN(CC)C(=O)Nc1ccc(Oc2cccc(Br)n2)cc1. The molecule has 2 rings (SSSR count). The molecule has 0 aliphatic heterocycles. The summed E-state index contributed by atoms with van der Waals surface area (Å²) in [5, 5.41) is 2.85. The highest BCUT2D eigenvalue weighted by Gasteiger charge is 2.09. The van der Waals surface area contributed by atoms with Crippen LogP contribution in [0.15, 0.2) is 47.1 Å². The second-order valence-corrected chi connectivity index (χ2v) is 5.34. The van der Waals surface area contributed by atoms with Gasteiger partial charge in [-0.1, -0.05) is 6.07 Å². The molecule has 0 radical (unpaired) electrons. The molecule has 6 heteroatoms. The first-order chi connectivity index (χ1) is 10.6. The van der Waals surface area contributed by atoms with Crippen molar-refractivity contribution in [2.45, 2.75) is 13.8 Å². The summed E-state index contributed by atoms with van der Waals surface area (Å²) in [6.45, 7) is 5.26. The summed E-state index contributed by atoms with van der Waals surface area (Å²) in [5.41, 5.74) is 0.728. The van der Waals surface area contributed by atoms with E-state index in [4.69, 9.17) is 4.74 Å². The maximum atomic E-state index is 12.0. The van der Waals surface area contributed by atoms with Gasteiger partial charge in [0.1, 0.15) is 10.4 Å². The molecule has 1 aromatic carbocycles. The fourth-order valence-corrected chi connectivity index (χ4v) is 2.21. The van der Waals surface area contributed by atoms with E-state index in [0.717, 1.165) is 5.69 Å². The molecule has 2 amide bonds. The van der Waals surface area contributed by atoms with Crippen molar-refractivity contribution in [2.75, 3.05) is 18.4 Å². The fourth-order valence-electron chi connectivity index (χ4n) is 1.89. The number of amides is 2. The van der Waals surface area contributed by atoms with Crippen molar-refractivity contribution in [3.05, 3.63) is 47.1 Å². The van der Waals surface area contributed by atoms with E-state index < -0.39 is 0 Å². The third kappa shape index (κ3) is 4.46. The van der Waals surface area contributed by atoms with Crippen LogP contribution in [0, 0.1) is 0 Å². The molecule has 0 saturated carbocycles. The second kappa shape index (κ2) is 7.79. The minimum absolute atomic E-state index is 0.104. The molecule has 0 aliphatic rings. The summed E-state index contributed by atoms with van der Waals surface area (Å²) in [6.07, 6.45) is 0.